The molecule has 49 heavy (non-hydrogen) atoms. The smallest absolute Gasteiger partial charge is 0.303 e. The van der Waals surface area contributed by atoms with Crippen molar-refractivity contribution >= 4 is 11.8 Å². The van der Waals surface area contributed by atoms with Crippen LogP contribution in [0.4, 0.5) is 0 Å². The van der Waals surface area contributed by atoms with Crippen molar-refractivity contribution < 1.29 is 38.4 Å². The molecule has 13 atom stereocenters. The number of carbonyl (C=O) groups is 2. The number of hydrogen-bond donors (Lipinski definition) is 1. The fraction of sp³-hybridized carbons (Fsp3) is 0.950. The Morgan fingerprint density at radius 1 is 1.06 bits per heavy atom. The van der Waals surface area contributed by atoms with Crippen LogP contribution in [0.15, 0.2) is 0 Å². The van der Waals surface area contributed by atoms with E-state index in [-0.39, 0.29) is 57.1 Å². The van der Waals surface area contributed by atoms with Gasteiger partial charge in [-0.2, -0.15) is 0 Å². The summed E-state index contributed by atoms with van der Waals surface area (Å²) < 4.78 is 31.1. The van der Waals surface area contributed by atoms with E-state index in [1.165, 1.54) is 19.8 Å². The molecule has 0 radical (unpaired) electrons. The van der Waals surface area contributed by atoms with E-state index >= 15 is 4.79 Å². The minimum Gasteiger partial charge on any atom is -0.457 e. The molecule has 0 bridgehead atoms. The molecule has 0 aromatic carbocycles. The third-order valence-electron chi connectivity index (χ3n) is 17.4. The highest BCUT2D eigenvalue weighted by Crippen LogP contribution is 2.92. The van der Waals surface area contributed by atoms with Gasteiger partial charge in [0.2, 0.25) is 0 Å². The van der Waals surface area contributed by atoms with E-state index in [1.54, 1.807) is 13.8 Å². The molecule has 9 nitrogen and oxygen atoms in total. The Morgan fingerprint density at radius 2 is 1.80 bits per heavy atom. The SMILES string of the molecule is CC(=O)OC(C1CC(C)C2C(O1)C(=O)C1(C)C3CCC4(C)C(C)(C)C(OC5CN(C6COC6)CCO5)CCC45CC35CCC21C)C(C)(C)O. The molecular weight excluding hydrogens is 622 g/mol. The van der Waals surface area contributed by atoms with Gasteiger partial charge in [0, 0.05) is 24.8 Å². The molecule has 276 valence electrons. The molecule has 3 saturated heterocycles. The zero-order valence-corrected chi connectivity index (χ0v) is 31.6. The molecule has 1 N–H and O–H groups in total. The predicted octanol–water partition coefficient (Wildman–Crippen LogP) is 5.54. The summed E-state index contributed by atoms with van der Waals surface area (Å²) in [6.45, 7) is 23.3. The first-order chi connectivity index (χ1) is 22.9. The van der Waals surface area contributed by atoms with E-state index < -0.39 is 35.3 Å². The van der Waals surface area contributed by atoms with Crippen molar-refractivity contribution in [2.75, 3.05) is 32.9 Å². The Bertz CT molecular complexity index is 1370. The van der Waals surface area contributed by atoms with Crippen molar-refractivity contribution in [2.24, 2.45) is 50.2 Å². The predicted molar refractivity (Wildman–Crippen MR) is 182 cm³/mol. The zero-order valence-electron chi connectivity index (χ0n) is 31.6. The second kappa shape index (κ2) is 11.0. The maximum Gasteiger partial charge on any atom is 0.303 e. The average Bonchev–Trinajstić information content (AvgIpc) is 3.63. The molecule has 9 heteroatoms. The molecule has 3 aliphatic heterocycles. The summed E-state index contributed by atoms with van der Waals surface area (Å²) in [7, 11) is 0. The van der Waals surface area contributed by atoms with Gasteiger partial charge < -0.3 is 28.8 Å². The van der Waals surface area contributed by atoms with Crippen LogP contribution in [0.1, 0.15) is 114 Å². The van der Waals surface area contributed by atoms with Gasteiger partial charge >= 0.3 is 5.97 Å². The summed E-state index contributed by atoms with van der Waals surface area (Å²) in [6.07, 6.45) is 6.48. The van der Waals surface area contributed by atoms with Crippen LogP contribution in [0.2, 0.25) is 0 Å². The van der Waals surface area contributed by atoms with Gasteiger partial charge in [0.15, 0.2) is 18.2 Å². The van der Waals surface area contributed by atoms with Crippen molar-refractivity contribution in [1.29, 1.82) is 0 Å². The van der Waals surface area contributed by atoms with Gasteiger partial charge in [-0.15, -0.1) is 0 Å². The molecule has 0 aromatic heterocycles. The van der Waals surface area contributed by atoms with Crippen molar-refractivity contribution in [3.63, 3.8) is 0 Å². The number of Topliss-reactive ketones (excluding diaryl/α,β-unsaturated/α-hetero) is 1. The lowest BCUT2D eigenvalue weighted by molar-refractivity contribution is -0.271. The molecule has 0 aromatic rings. The molecule has 5 saturated carbocycles. The molecule has 5 aliphatic carbocycles. The Hall–Kier alpha value is -1.10. The van der Waals surface area contributed by atoms with Crippen LogP contribution in [-0.4, -0.2) is 97.0 Å². The van der Waals surface area contributed by atoms with Crippen molar-refractivity contribution in [1.82, 2.24) is 4.90 Å². The van der Waals surface area contributed by atoms with Crippen LogP contribution < -0.4 is 0 Å². The lowest BCUT2D eigenvalue weighted by Crippen LogP contribution is -2.63. The van der Waals surface area contributed by atoms with Crippen LogP contribution in [0.3, 0.4) is 0 Å². The summed E-state index contributed by atoms with van der Waals surface area (Å²) in [6, 6.07) is 0.494. The Balaban J connectivity index is 1.05. The molecule has 8 fully saturated rings. The van der Waals surface area contributed by atoms with Crippen LogP contribution in [0.25, 0.3) is 0 Å². The fourth-order valence-electron chi connectivity index (χ4n) is 14.3. The molecule has 8 rings (SSSR count). The monoisotopic (exact) mass is 685 g/mol. The van der Waals surface area contributed by atoms with Crippen molar-refractivity contribution in [3.8, 4) is 0 Å². The van der Waals surface area contributed by atoms with Gasteiger partial charge in [-0.25, -0.2) is 0 Å². The minimum atomic E-state index is -1.28. The summed E-state index contributed by atoms with van der Waals surface area (Å²) in [5.41, 5.74) is -1.48. The van der Waals surface area contributed by atoms with Crippen LogP contribution in [0.5, 0.6) is 0 Å². The first-order valence-corrected chi connectivity index (χ1v) is 19.5. The first kappa shape index (κ1) is 35.0. The van der Waals surface area contributed by atoms with E-state index in [1.807, 2.05) is 0 Å². The van der Waals surface area contributed by atoms with Crippen molar-refractivity contribution in [2.45, 2.75) is 156 Å². The molecule has 0 amide bonds. The highest BCUT2D eigenvalue weighted by molar-refractivity contribution is 5.93. The third-order valence-corrected chi connectivity index (χ3v) is 17.4. The first-order valence-electron chi connectivity index (χ1n) is 19.5. The van der Waals surface area contributed by atoms with Gasteiger partial charge in [-0.05, 0) is 104 Å². The molecule has 3 heterocycles. The number of esters is 1. The number of nitrogens with zero attached hydrogens (tertiary/aromatic N) is 1. The summed E-state index contributed by atoms with van der Waals surface area (Å²) in [4.78, 5) is 29.7. The third kappa shape index (κ3) is 4.44. The number of morpholine rings is 1. The highest BCUT2D eigenvalue weighted by atomic mass is 16.7. The number of aliphatic hydroxyl groups is 1. The maximum atomic E-state index is 15.1. The van der Waals surface area contributed by atoms with Gasteiger partial charge in [0.1, 0.15) is 6.10 Å². The number of ether oxygens (including phenoxy) is 5. The van der Waals surface area contributed by atoms with Crippen molar-refractivity contribution in [3.05, 3.63) is 0 Å². The average molecular weight is 686 g/mol. The lowest BCUT2D eigenvalue weighted by atomic mass is 9.38. The number of carbonyl (C=O) groups excluding carboxylic acids is 2. The zero-order chi connectivity index (χ0) is 35.2. The quantitative estimate of drug-likeness (QED) is 0.361. The standard InChI is InChI=1S/C40H63NO8/c1-23-18-26(33(35(5,6)44)47-24(2)42)48-31-30(23)36(7)14-15-39-22-40(39)13-11-28(49-29-19-41(16-17-46-29)25-20-45-21-25)34(3,4)37(40,8)12-10-27(39)38(36,9)32(31)43/h23,25-31,33,44H,10-22H2,1-9H3. The molecule has 13 unspecified atom stereocenters. The number of rotatable bonds is 6. The number of ketones is 1. The number of hydrogen-bond acceptors (Lipinski definition) is 9. The second-order valence-electron chi connectivity index (χ2n) is 19.7. The minimum absolute atomic E-state index is 0.0338. The van der Waals surface area contributed by atoms with E-state index in [4.69, 9.17) is 23.7 Å². The normalized spacial score (nSPS) is 51.3. The van der Waals surface area contributed by atoms with E-state index in [0.717, 1.165) is 58.4 Å². The summed E-state index contributed by atoms with van der Waals surface area (Å²) in [5.74, 6) is 0.463. The summed E-state index contributed by atoms with van der Waals surface area (Å²) >= 11 is 0. The van der Waals surface area contributed by atoms with E-state index in [2.05, 4.69) is 46.4 Å². The summed E-state index contributed by atoms with van der Waals surface area (Å²) in [5, 5.41) is 11.0. The molecule has 8 aliphatic rings. The van der Waals surface area contributed by atoms with Crippen LogP contribution in [0, 0.1) is 50.2 Å². The Labute approximate surface area is 293 Å². The van der Waals surface area contributed by atoms with Gasteiger partial charge in [-0.1, -0.05) is 41.5 Å². The molecular formula is C40H63NO8. The molecule has 2 spiro atoms. The second-order valence-corrected chi connectivity index (χ2v) is 19.7. The van der Waals surface area contributed by atoms with Crippen LogP contribution in [-0.2, 0) is 33.3 Å². The largest absolute Gasteiger partial charge is 0.457 e. The van der Waals surface area contributed by atoms with E-state index in [9.17, 15) is 9.90 Å². The van der Waals surface area contributed by atoms with Gasteiger partial charge in [0.05, 0.1) is 50.2 Å². The Kier molecular flexibility index (Phi) is 7.83. The number of fused-ring (bicyclic) bond motifs is 4. The topological polar surface area (TPSA) is 104 Å². The maximum absolute atomic E-state index is 15.1. The van der Waals surface area contributed by atoms with E-state index in [0.29, 0.717) is 25.0 Å². The highest BCUT2D eigenvalue weighted by Gasteiger charge is 2.87. The lowest BCUT2D eigenvalue weighted by Gasteiger charge is -2.66. The Morgan fingerprint density at radius 3 is 2.45 bits per heavy atom. The van der Waals surface area contributed by atoms with Gasteiger partial charge in [-0.3, -0.25) is 14.5 Å². The van der Waals surface area contributed by atoms with Crippen LogP contribution >= 0.6 is 0 Å². The van der Waals surface area contributed by atoms with Gasteiger partial charge in [0.25, 0.3) is 0 Å². The fourth-order valence-corrected chi connectivity index (χ4v) is 14.3.